The van der Waals surface area contributed by atoms with Crippen LogP contribution in [0.5, 0.6) is 0 Å². The Bertz CT molecular complexity index is 1160. The molecule has 3 heterocycles. The van der Waals surface area contributed by atoms with Gasteiger partial charge in [-0.25, -0.2) is 4.98 Å². The summed E-state index contributed by atoms with van der Waals surface area (Å²) in [6.45, 7) is 2.84. The monoisotopic (exact) mass is 463 g/mol. The van der Waals surface area contributed by atoms with E-state index in [1.165, 1.54) is 5.56 Å². The number of aryl methyl sites for hydroxylation is 4. The standard InChI is InChI=1S/C25H29N5O4/c1-16-12-18(8-10-21(16)27-15-31)19(14-24(32)33)13-23-29-22(30-34-23)6-2-5-20-9-7-17-4-3-11-26-25(17)28-20/h7-10,12,15,19H,2-6,11,13-14H2,1H3,(H,26,28)(H,27,31)(H,32,33). The average molecular weight is 464 g/mol. The second kappa shape index (κ2) is 10.9. The van der Waals surface area contributed by atoms with E-state index in [9.17, 15) is 14.7 Å². The molecule has 34 heavy (non-hydrogen) atoms. The van der Waals surface area contributed by atoms with Crippen LogP contribution in [0.25, 0.3) is 0 Å². The lowest BCUT2D eigenvalue weighted by Crippen LogP contribution is -2.14. The highest BCUT2D eigenvalue weighted by Crippen LogP contribution is 2.28. The summed E-state index contributed by atoms with van der Waals surface area (Å²) in [6, 6.07) is 9.72. The van der Waals surface area contributed by atoms with Crippen molar-refractivity contribution in [2.24, 2.45) is 0 Å². The van der Waals surface area contributed by atoms with Crippen LogP contribution in [0.4, 0.5) is 11.5 Å². The molecule has 0 spiro atoms. The van der Waals surface area contributed by atoms with Gasteiger partial charge in [-0.2, -0.15) is 4.98 Å². The smallest absolute Gasteiger partial charge is 0.303 e. The van der Waals surface area contributed by atoms with E-state index in [4.69, 9.17) is 9.51 Å². The predicted molar refractivity (Wildman–Crippen MR) is 127 cm³/mol. The number of pyridine rings is 1. The summed E-state index contributed by atoms with van der Waals surface area (Å²) < 4.78 is 5.43. The van der Waals surface area contributed by atoms with E-state index in [1.807, 2.05) is 19.1 Å². The molecule has 0 saturated heterocycles. The fourth-order valence-electron chi connectivity index (χ4n) is 4.31. The minimum Gasteiger partial charge on any atom is -0.481 e. The van der Waals surface area contributed by atoms with E-state index in [-0.39, 0.29) is 12.3 Å². The third-order valence-corrected chi connectivity index (χ3v) is 6.07. The molecule has 0 fully saturated rings. The van der Waals surface area contributed by atoms with E-state index in [2.05, 4.69) is 32.9 Å². The summed E-state index contributed by atoms with van der Waals surface area (Å²) in [5.41, 5.74) is 4.72. The molecule has 0 radical (unpaired) electrons. The number of carbonyl (C=O) groups excluding carboxylic acids is 1. The van der Waals surface area contributed by atoms with Gasteiger partial charge in [0.1, 0.15) is 5.82 Å². The first kappa shape index (κ1) is 23.4. The topological polar surface area (TPSA) is 130 Å². The SMILES string of the molecule is Cc1cc(C(CC(=O)O)Cc2nc(CCCc3ccc4c(n3)NCCC4)no2)ccc1NC=O. The lowest BCUT2D eigenvalue weighted by molar-refractivity contribution is -0.137. The number of aromatic nitrogens is 3. The fraction of sp³-hybridized carbons (Fsp3) is 0.400. The second-order valence-corrected chi connectivity index (χ2v) is 8.63. The largest absolute Gasteiger partial charge is 0.481 e. The number of nitrogens with zero attached hydrogens (tertiary/aromatic N) is 3. The number of carbonyl (C=O) groups is 2. The molecule has 9 heteroatoms. The van der Waals surface area contributed by atoms with Crippen LogP contribution in [-0.2, 0) is 35.3 Å². The zero-order valence-electron chi connectivity index (χ0n) is 19.2. The van der Waals surface area contributed by atoms with Crippen molar-refractivity contribution in [3.63, 3.8) is 0 Å². The van der Waals surface area contributed by atoms with Crippen molar-refractivity contribution in [3.8, 4) is 0 Å². The van der Waals surface area contributed by atoms with Crippen LogP contribution in [0.2, 0.25) is 0 Å². The Labute approximate surface area is 198 Å². The maximum absolute atomic E-state index is 11.5. The van der Waals surface area contributed by atoms with Crippen LogP contribution in [0.3, 0.4) is 0 Å². The van der Waals surface area contributed by atoms with E-state index < -0.39 is 5.97 Å². The third-order valence-electron chi connectivity index (χ3n) is 6.07. The molecule has 1 atom stereocenters. The van der Waals surface area contributed by atoms with Crippen molar-refractivity contribution in [2.75, 3.05) is 17.2 Å². The number of amides is 1. The molecule has 1 amide bonds. The van der Waals surface area contributed by atoms with Gasteiger partial charge in [-0.15, -0.1) is 0 Å². The highest BCUT2D eigenvalue weighted by atomic mass is 16.5. The fourth-order valence-corrected chi connectivity index (χ4v) is 4.31. The van der Waals surface area contributed by atoms with E-state index in [1.54, 1.807) is 6.07 Å². The Morgan fingerprint density at radius 1 is 1.26 bits per heavy atom. The molecular formula is C25H29N5O4. The van der Waals surface area contributed by atoms with Gasteiger partial charge in [0.15, 0.2) is 5.82 Å². The number of anilines is 2. The Hall–Kier alpha value is -3.75. The number of fused-ring (bicyclic) bond motifs is 1. The van der Waals surface area contributed by atoms with Gasteiger partial charge in [0.2, 0.25) is 12.3 Å². The van der Waals surface area contributed by atoms with Gasteiger partial charge in [-0.3, -0.25) is 9.59 Å². The molecule has 4 rings (SSSR count). The molecule has 1 aliphatic heterocycles. The molecule has 0 bridgehead atoms. The zero-order valence-corrected chi connectivity index (χ0v) is 19.2. The maximum atomic E-state index is 11.5. The summed E-state index contributed by atoms with van der Waals surface area (Å²) in [5, 5.41) is 19.5. The molecule has 1 unspecified atom stereocenters. The van der Waals surface area contributed by atoms with Gasteiger partial charge >= 0.3 is 5.97 Å². The number of nitrogens with one attached hydrogen (secondary N) is 2. The predicted octanol–water partition coefficient (Wildman–Crippen LogP) is 3.68. The van der Waals surface area contributed by atoms with Crippen LogP contribution in [0.1, 0.15) is 59.3 Å². The van der Waals surface area contributed by atoms with Crippen molar-refractivity contribution >= 4 is 23.9 Å². The number of hydrogen-bond donors (Lipinski definition) is 3. The Balaban J connectivity index is 1.36. The molecule has 178 valence electrons. The van der Waals surface area contributed by atoms with Gasteiger partial charge < -0.3 is 20.3 Å². The van der Waals surface area contributed by atoms with Crippen LogP contribution >= 0.6 is 0 Å². The first-order valence-electron chi connectivity index (χ1n) is 11.6. The van der Waals surface area contributed by atoms with Crippen molar-refractivity contribution < 1.29 is 19.2 Å². The van der Waals surface area contributed by atoms with Gasteiger partial charge in [-0.1, -0.05) is 23.4 Å². The van der Waals surface area contributed by atoms with Crippen molar-refractivity contribution in [2.45, 2.75) is 57.8 Å². The number of carboxylic acids is 1. The first-order valence-corrected chi connectivity index (χ1v) is 11.6. The Kier molecular flexibility index (Phi) is 7.51. The van der Waals surface area contributed by atoms with Crippen LogP contribution < -0.4 is 10.6 Å². The summed E-state index contributed by atoms with van der Waals surface area (Å²) in [6.07, 6.45) is 5.43. The van der Waals surface area contributed by atoms with Gasteiger partial charge in [0.25, 0.3) is 0 Å². The maximum Gasteiger partial charge on any atom is 0.303 e. The van der Waals surface area contributed by atoms with Gasteiger partial charge in [0.05, 0.1) is 6.42 Å². The van der Waals surface area contributed by atoms with E-state index in [0.717, 1.165) is 54.9 Å². The number of hydrogen-bond acceptors (Lipinski definition) is 7. The van der Waals surface area contributed by atoms with Crippen LogP contribution in [-0.4, -0.2) is 39.2 Å². The normalized spacial score (nSPS) is 13.6. The third kappa shape index (κ3) is 5.98. The van der Waals surface area contributed by atoms with Crippen molar-refractivity contribution in [1.29, 1.82) is 0 Å². The summed E-state index contributed by atoms with van der Waals surface area (Å²) >= 11 is 0. The molecule has 2 aromatic heterocycles. The van der Waals surface area contributed by atoms with Crippen LogP contribution in [0.15, 0.2) is 34.9 Å². The number of aliphatic carboxylic acids is 1. The molecule has 1 aromatic carbocycles. The Morgan fingerprint density at radius 2 is 2.15 bits per heavy atom. The van der Waals surface area contributed by atoms with Gasteiger partial charge in [-0.05, 0) is 61.4 Å². The summed E-state index contributed by atoms with van der Waals surface area (Å²) in [5.74, 6) is 0.818. The van der Waals surface area contributed by atoms with Crippen molar-refractivity contribution in [1.82, 2.24) is 15.1 Å². The molecule has 9 nitrogen and oxygen atoms in total. The van der Waals surface area contributed by atoms with Crippen molar-refractivity contribution in [3.05, 3.63) is 64.4 Å². The highest BCUT2D eigenvalue weighted by Gasteiger charge is 2.21. The molecule has 0 aliphatic carbocycles. The Morgan fingerprint density at radius 3 is 2.94 bits per heavy atom. The quantitative estimate of drug-likeness (QED) is 0.367. The molecule has 0 saturated carbocycles. The zero-order chi connectivity index (χ0) is 23.9. The molecular weight excluding hydrogens is 434 g/mol. The highest BCUT2D eigenvalue weighted by molar-refractivity contribution is 5.73. The van der Waals surface area contributed by atoms with Gasteiger partial charge in [0, 0.05) is 36.7 Å². The van der Waals surface area contributed by atoms with E-state index in [0.29, 0.717) is 36.7 Å². The molecule has 1 aliphatic rings. The number of rotatable bonds is 11. The lowest BCUT2D eigenvalue weighted by atomic mass is 9.91. The minimum atomic E-state index is -0.899. The van der Waals surface area contributed by atoms with Crippen LogP contribution in [0, 0.1) is 6.92 Å². The average Bonchev–Trinajstić information content (AvgIpc) is 3.27. The minimum absolute atomic E-state index is 0.0599. The summed E-state index contributed by atoms with van der Waals surface area (Å²) in [4.78, 5) is 31.4. The second-order valence-electron chi connectivity index (χ2n) is 8.63. The summed E-state index contributed by atoms with van der Waals surface area (Å²) in [7, 11) is 0. The number of benzene rings is 1. The molecule has 3 N–H and O–H groups in total. The molecule has 3 aromatic rings. The van der Waals surface area contributed by atoms with E-state index >= 15 is 0 Å². The lowest BCUT2D eigenvalue weighted by Gasteiger charge is -2.17. The first-order chi connectivity index (χ1) is 16.5. The number of carboxylic acid groups (broad SMARTS) is 1.